The number of benzene rings is 2. The fourth-order valence-electron chi connectivity index (χ4n) is 5.54. The summed E-state index contributed by atoms with van der Waals surface area (Å²) < 4.78 is 43.2. The van der Waals surface area contributed by atoms with E-state index in [9.17, 15) is 18.8 Å². The lowest BCUT2D eigenvalue weighted by atomic mass is 9.82. The molecule has 1 fully saturated rings. The Morgan fingerprint density at radius 3 is 2.62 bits per heavy atom. The summed E-state index contributed by atoms with van der Waals surface area (Å²) in [6, 6.07) is 13.3. The zero-order chi connectivity index (χ0) is 30.2. The van der Waals surface area contributed by atoms with E-state index in [-0.39, 0.29) is 17.9 Å². The Hall–Kier alpha value is -3.43. The molecule has 2 aromatic carbocycles. The van der Waals surface area contributed by atoms with Crippen LogP contribution in [0, 0.1) is 17.7 Å². The molecule has 0 saturated heterocycles. The first-order chi connectivity index (χ1) is 20.0. The molecule has 7 nitrogen and oxygen atoms in total. The highest BCUT2D eigenvalue weighted by Gasteiger charge is 2.39. The number of pyridine rings is 1. The molecule has 1 N–H and O–H groups in total. The second-order valence-corrected chi connectivity index (χ2v) is 14.1. The van der Waals surface area contributed by atoms with Crippen LogP contribution in [0.25, 0.3) is 11.1 Å². The van der Waals surface area contributed by atoms with Crippen molar-refractivity contribution in [2.75, 3.05) is 7.11 Å². The van der Waals surface area contributed by atoms with Gasteiger partial charge in [0.05, 0.1) is 25.4 Å². The summed E-state index contributed by atoms with van der Waals surface area (Å²) in [6.07, 6.45) is 6.02. The van der Waals surface area contributed by atoms with Gasteiger partial charge in [-0.05, 0) is 92.7 Å². The molecule has 0 spiro atoms. The van der Waals surface area contributed by atoms with E-state index in [1.54, 1.807) is 6.92 Å². The average Bonchev–Trinajstić information content (AvgIpc) is 3.80. The molecule has 0 radical (unpaired) electrons. The highest BCUT2D eigenvalue weighted by Crippen LogP contribution is 2.48. The minimum absolute atomic E-state index is 0.0465. The van der Waals surface area contributed by atoms with E-state index >= 15 is 0 Å². The quantitative estimate of drug-likeness (QED) is 0.211. The fourth-order valence-corrected chi connectivity index (χ4v) is 6.07. The number of ether oxygens (including phenoxy) is 2. The summed E-state index contributed by atoms with van der Waals surface area (Å²) in [5, 5.41) is 9.72. The first-order valence-corrected chi connectivity index (χ1v) is 15.4. The molecule has 222 valence electrons. The third-order valence-corrected chi connectivity index (χ3v) is 9.41. The monoisotopic (exact) mass is 592 g/mol. The van der Waals surface area contributed by atoms with Crippen molar-refractivity contribution in [3.05, 3.63) is 76.7 Å². The molecule has 1 aliphatic carbocycles. The van der Waals surface area contributed by atoms with Crippen LogP contribution >= 0.6 is 0 Å². The van der Waals surface area contributed by atoms with Gasteiger partial charge in [-0.2, -0.15) is 0 Å². The predicted octanol–water partition coefficient (Wildman–Crippen LogP) is 7.06. The molecular formula is C33H37FN2O5S. The number of rotatable bonds is 9. The molecule has 3 aromatic rings. The fraction of sp³-hybridized carbons (Fsp3) is 0.424. The van der Waals surface area contributed by atoms with E-state index in [0.29, 0.717) is 22.6 Å². The van der Waals surface area contributed by atoms with Crippen molar-refractivity contribution in [2.45, 2.75) is 70.1 Å². The number of methoxy groups -OCH3 is 1. The standard InChI is InChI=1S/C33H37FN2O5S/c1-19(32(37)38)31(21-7-8-21)23-9-6-20-11-13-28(41-29(20)15-23)22-10-12-25(26-16-30(40-5)35-18-27(26)34)24(14-22)17-36-42(39)33(2,3)4/h6,9-10,12,14-19,21,28,31H,7-8,11,13H2,1-5H3,(H,37,38)/t19-,28?,31-,42?/m0/s1. The Labute approximate surface area is 249 Å². The third kappa shape index (κ3) is 6.47. The van der Waals surface area contributed by atoms with Crippen LogP contribution in [0.2, 0.25) is 0 Å². The molecule has 1 aromatic heterocycles. The molecule has 0 amide bonds. The van der Waals surface area contributed by atoms with E-state index in [2.05, 4.69) is 21.5 Å². The van der Waals surface area contributed by atoms with Crippen molar-refractivity contribution < 1.29 is 28.3 Å². The van der Waals surface area contributed by atoms with Gasteiger partial charge in [-0.25, -0.2) is 9.37 Å². The first kappa shape index (κ1) is 30.0. The van der Waals surface area contributed by atoms with Gasteiger partial charge in [0.15, 0.2) is 0 Å². The SMILES string of the molecule is COc1cc(-c2ccc(C3CCc4ccc([C@H](C5CC5)[C@H](C)C(=O)O)cc4O3)cc2C=N[S+]([O-])C(C)(C)C)c(F)cn1. The maximum atomic E-state index is 15.0. The van der Waals surface area contributed by atoms with Gasteiger partial charge < -0.3 is 19.1 Å². The summed E-state index contributed by atoms with van der Waals surface area (Å²) >= 11 is -1.50. The number of carboxylic acids is 1. The summed E-state index contributed by atoms with van der Waals surface area (Å²) in [7, 11) is 1.47. The maximum Gasteiger partial charge on any atom is 0.306 e. The molecular weight excluding hydrogens is 555 g/mol. The number of nitrogens with zero attached hydrogens (tertiary/aromatic N) is 2. The van der Waals surface area contributed by atoms with Gasteiger partial charge in [0.2, 0.25) is 5.88 Å². The third-order valence-electron chi connectivity index (χ3n) is 8.07. The second kappa shape index (κ2) is 12.1. The number of hydrogen-bond acceptors (Lipinski definition) is 6. The van der Waals surface area contributed by atoms with Crippen LogP contribution in [0.15, 0.2) is 53.1 Å². The van der Waals surface area contributed by atoms with Crippen molar-refractivity contribution in [3.8, 4) is 22.8 Å². The number of aryl methyl sites for hydroxylation is 1. The van der Waals surface area contributed by atoms with Crippen molar-refractivity contribution in [2.24, 2.45) is 16.2 Å². The normalized spacial score (nSPS) is 19.1. The average molecular weight is 593 g/mol. The molecule has 2 unspecified atom stereocenters. The molecule has 9 heteroatoms. The minimum Gasteiger partial charge on any atom is -0.591 e. The molecule has 5 rings (SSSR count). The number of fused-ring (bicyclic) bond motifs is 1. The molecule has 2 aliphatic rings. The molecule has 1 saturated carbocycles. The van der Waals surface area contributed by atoms with Gasteiger partial charge in [-0.1, -0.05) is 35.6 Å². The van der Waals surface area contributed by atoms with Crippen LogP contribution in [0.4, 0.5) is 4.39 Å². The molecule has 42 heavy (non-hydrogen) atoms. The van der Waals surface area contributed by atoms with E-state index < -0.39 is 33.8 Å². The molecule has 0 bridgehead atoms. The maximum absolute atomic E-state index is 15.0. The van der Waals surface area contributed by atoms with Crippen LogP contribution < -0.4 is 9.47 Å². The largest absolute Gasteiger partial charge is 0.591 e. The lowest BCUT2D eigenvalue weighted by molar-refractivity contribution is -0.142. The Kier molecular flexibility index (Phi) is 8.62. The van der Waals surface area contributed by atoms with Gasteiger partial charge in [-0.15, -0.1) is 0 Å². The highest BCUT2D eigenvalue weighted by atomic mass is 32.2. The lowest BCUT2D eigenvalue weighted by Crippen LogP contribution is -2.25. The highest BCUT2D eigenvalue weighted by molar-refractivity contribution is 7.91. The van der Waals surface area contributed by atoms with Crippen LogP contribution in [0.3, 0.4) is 0 Å². The van der Waals surface area contributed by atoms with Crippen molar-refractivity contribution in [3.63, 3.8) is 0 Å². The van der Waals surface area contributed by atoms with Gasteiger partial charge in [0.25, 0.3) is 0 Å². The van der Waals surface area contributed by atoms with E-state index in [1.807, 2.05) is 45.0 Å². The number of carboxylic acid groups (broad SMARTS) is 1. The van der Waals surface area contributed by atoms with Crippen molar-refractivity contribution in [1.29, 1.82) is 0 Å². The Morgan fingerprint density at radius 2 is 1.95 bits per heavy atom. The number of aromatic nitrogens is 1. The Morgan fingerprint density at radius 1 is 1.19 bits per heavy atom. The van der Waals surface area contributed by atoms with E-state index in [0.717, 1.165) is 54.3 Å². The van der Waals surface area contributed by atoms with Gasteiger partial charge in [-0.3, -0.25) is 4.79 Å². The van der Waals surface area contributed by atoms with Crippen LogP contribution in [0.1, 0.15) is 81.2 Å². The summed E-state index contributed by atoms with van der Waals surface area (Å²) in [6.45, 7) is 7.32. The Balaban J connectivity index is 1.49. The zero-order valence-electron chi connectivity index (χ0n) is 24.6. The summed E-state index contributed by atoms with van der Waals surface area (Å²) in [5.74, 6) is -0.384. The van der Waals surface area contributed by atoms with Gasteiger partial charge >= 0.3 is 5.97 Å². The van der Waals surface area contributed by atoms with Crippen molar-refractivity contribution in [1.82, 2.24) is 4.98 Å². The molecule has 4 atom stereocenters. The first-order valence-electron chi connectivity index (χ1n) is 14.3. The second-order valence-electron chi connectivity index (χ2n) is 12.2. The van der Waals surface area contributed by atoms with E-state index in [4.69, 9.17) is 9.47 Å². The summed E-state index contributed by atoms with van der Waals surface area (Å²) in [5.41, 5.74) is 4.45. The number of aliphatic carboxylic acids is 1. The van der Waals surface area contributed by atoms with Crippen molar-refractivity contribution >= 4 is 23.5 Å². The number of halogens is 1. The summed E-state index contributed by atoms with van der Waals surface area (Å²) in [4.78, 5) is 15.8. The molecule has 2 heterocycles. The minimum atomic E-state index is -1.50. The predicted molar refractivity (Wildman–Crippen MR) is 162 cm³/mol. The Bertz CT molecular complexity index is 1500. The lowest BCUT2D eigenvalue weighted by Gasteiger charge is -2.29. The molecule has 1 aliphatic heterocycles. The number of hydrogen-bond donors (Lipinski definition) is 1. The smallest absolute Gasteiger partial charge is 0.306 e. The topological polar surface area (TPSA) is 104 Å². The van der Waals surface area contributed by atoms with Crippen LogP contribution in [0.5, 0.6) is 11.6 Å². The van der Waals surface area contributed by atoms with Crippen LogP contribution in [-0.4, -0.2) is 38.7 Å². The number of carbonyl (C=O) groups is 1. The zero-order valence-corrected chi connectivity index (χ0v) is 25.4. The van der Waals surface area contributed by atoms with Gasteiger partial charge in [0.1, 0.15) is 33.8 Å². The van der Waals surface area contributed by atoms with Crippen LogP contribution in [-0.2, 0) is 22.6 Å². The van der Waals surface area contributed by atoms with E-state index in [1.165, 1.54) is 19.4 Å². The van der Waals surface area contributed by atoms with Gasteiger partial charge in [0, 0.05) is 17.2 Å².